The lowest BCUT2D eigenvalue weighted by molar-refractivity contribution is 0.169. The van der Waals surface area contributed by atoms with Crippen LogP contribution in [0.25, 0.3) is 0 Å². The van der Waals surface area contributed by atoms with Crippen molar-refractivity contribution in [3.05, 3.63) is 58.1 Å². The molecule has 1 N–H and O–H groups in total. The van der Waals surface area contributed by atoms with E-state index < -0.39 is 6.10 Å². The van der Waals surface area contributed by atoms with Crippen LogP contribution in [0.2, 0.25) is 0 Å². The van der Waals surface area contributed by atoms with E-state index in [0.29, 0.717) is 24.7 Å². The molecule has 0 fully saturated rings. The Hall–Kier alpha value is -1.52. The second-order valence-electron chi connectivity index (χ2n) is 4.33. The predicted octanol–water partition coefficient (Wildman–Crippen LogP) is 3.30. The predicted molar refractivity (Wildman–Crippen MR) is 75.6 cm³/mol. The van der Waals surface area contributed by atoms with Crippen molar-refractivity contribution < 1.29 is 14.6 Å². The second-order valence-corrected chi connectivity index (χ2v) is 5.18. The van der Waals surface area contributed by atoms with Gasteiger partial charge in [0.25, 0.3) is 0 Å². The van der Waals surface area contributed by atoms with Crippen LogP contribution in [-0.2, 0) is 0 Å². The number of hydrogen-bond donors (Lipinski definition) is 1. The third-order valence-electron chi connectivity index (χ3n) is 3.07. The van der Waals surface area contributed by atoms with E-state index in [-0.39, 0.29) is 0 Å². The second kappa shape index (κ2) is 5.23. The van der Waals surface area contributed by atoms with Gasteiger partial charge in [-0.05, 0) is 17.7 Å². The maximum atomic E-state index is 10.4. The summed E-state index contributed by atoms with van der Waals surface area (Å²) in [4.78, 5) is 0. The molecule has 2 aromatic rings. The largest absolute Gasteiger partial charge is 0.486 e. The van der Waals surface area contributed by atoms with Gasteiger partial charge in [0.05, 0.1) is 0 Å². The van der Waals surface area contributed by atoms with E-state index in [1.807, 2.05) is 42.5 Å². The van der Waals surface area contributed by atoms with E-state index in [9.17, 15) is 5.11 Å². The maximum Gasteiger partial charge on any atom is 0.162 e. The topological polar surface area (TPSA) is 38.7 Å². The molecule has 1 aliphatic rings. The smallest absolute Gasteiger partial charge is 0.162 e. The van der Waals surface area contributed by atoms with Crippen molar-refractivity contribution >= 4 is 15.9 Å². The van der Waals surface area contributed by atoms with E-state index in [2.05, 4.69) is 15.9 Å². The van der Waals surface area contributed by atoms with Gasteiger partial charge in [-0.2, -0.15) is 0 Å². The molecule has 0 aromatic heterocycles. The van der Waals surface area contributed by atoms with Crippen LogP contribution < -0.4 is 9.47 Å². The average Bonchev–Trinajstić information content (AvgIpc) is 2.47. The van der Waals surface area contributed by atoms with Crippen LogP contribution in [0.1, 0.15) is 17.2 Å². The number of halogens is 1. The lowest BCUT2D eigenvalue weighted by atomic mass is 10.0. The highest BCUT2D eigenvalue weighted by molar-refractivity contribution is 9.10. The summed E-state index contributed by atoms with van der Waals surface area (Å²) in [5.74, 6) is 1.39. The molecular weight excluding hydrogens is 308 g/mol. The van der Waals surface area contributed by atoms with Crippen molar-refractivity contribution in [3.8, 4) is 11.5 Å². The van der Waals surface area contributed by atoms with Crippen molar-refractivity contribution in [1.82, 2.24) is 0 Å². The van der Waals surface area contributed by atoms with E-state index in [1.54, 1.807) is 0 Å². The summed E-state index contributed by atoms with van der Waals surface area (Å²) in [7, 11) is 0. The van der Waals surface area contributed by atoms with Crippen molar-refractivity contribution in [3.63, 3.8) is 0 Å². The highest BCUT2D eigenvalue weighted by Crippen LogP contribution is 2.39. The molecule has 0 aliphatic carbocycles. The summed E-state index contributed by atoms with van der Waals surface area (Å²) < 4.78 is 11.9. The quantitative estimate of drug-likeness (QED) is 0.922. The Kier molecular flexibility index (Phi) is 3.44. The molecular formula is C15H13BrO3. The summed E-state index contributed by atoms with van der Waals surface area (Å²) in [6.07, 6.45) is -0.689. The number of aliphatic hydroxyl groups is 1. The molecule has 4 heteroatoms. The maximum absolute atomic E-state index is 10.4. The summed E-state index contributed by atoms with van der Waals surface area (Å²) in [5, 5.41) is 10.4. The first-order valence-corrected chi connectivity index (χ1v) is 6.87. The Labute approximate surface area is 119 Å². The first-order chi connectivity index (χ1) is 9.25. The molecule has 0 spiro atoms. The van der Waals surface area contributed by atoms with Crippen LogP contribution >= 0.6 is 15.9 Å². The lowest BCUT2D eigenvalue weighted by Gasteiger charge is -2.21. The van der Waals surface area contributed by atoms with Crippen LogP contribution in [-0.4, -0.2) is 18.3 Å². The van der Waals surface area contributed by atoms with Crippen molar-refractivity contribution in [1.29, 1.82) is 0 Å². The van der Waals surface area contributed by atoms with Gasteiger partial charge in [0.2, 0.25) is 0 Å². The van der Waals surface area contributed by atoms with Crippen LogP contribution in [0.4, 0.5) is 0 Å². The number of benzene rings is 2. The molecule has 19 heavy (non-hydrogen) atoms. The summed E-state index contributed by atoms with van der Waals surface area (Å²) in [6, 6.07) is 13.2. The molecule has 0 amide bonds. The number of ether oxygens (including phenoxy) is 2. The van der Waals surface area contributed by atoms with Gasteiger partial charge < -0.3 is 14.6 Å². The zero-order valence-electron chi connectivity index (χ0n) is 10.2. The molecule has 0 unspecified atom stereocenters. The Morgan fingerprint density at radius 1 is 1.00 bits per heavy atom. The van der Waals surface area contributed by atoms with Gasteiger partial charge in [-0.25, -0.2) is 0 Å². The zero-order valence-corrected chi connectivity index (χ0v) is 11.8. The molecule has 1 aliphatic heterocycles. The van der Waals surface area contributed by atoms with Gasteiger partial charge in [-0.3, -0.25) is 0 Å². The minimum absolute atomic E-state index is 0.537. The van der Waals surface area contributed by atoms with E-state index in [1.165, 1.54) is 0 Å². The number of rotatable bonds is 2. The number of fused-ring (bicyclic) bond motifs is 1. The fourth-order valence-corrected chi connectivity index (χ4v) is 2.64. The molecule has 1 heterocycles. The normalized spacial score (nSPS) is 15.1. The fraction of sp³-hybridized carbons (Fsp3) is 0.200. The Morgan fingerprint density at radius 2 is 1.63 bits per heavy atom. The molecule has 1 atom stereocenters. The third kappa shape index (κ3) is 2.46. The first kappa shape index (κ1) is 12.5. The molecule has 3 rings (SSSR count). The molecule has 0 saturated heterocycles. The molecule has 2 aromatic carbocycles. The van der Waals surface area contributed by atoms with Gasteiger partial charge in [-0.15, -0.1) is 0 Å². The third-order valence-corrected chi connectivity index (χ3v) is 3.76. The minimum Gasteiger partial charge on any atom is -0.486 e. The van der Waals surface area contributed by atoms with Crippen LogP contribution in [0, 0.1) is 0 Å². The van der Waals surface area contributed by atoms with Gasteiger partial charge in [-0.1, -0.05) is 46.3 Å². The van der Waals surface area contributed by atoms with Crippen LogP contribution in [0.3, 0.4) is 0 Å². The summed E-state index contributed by atoms with van der Waals surface area (Å²) >= 11 is 3.48. The number of aliphatic hydroxyl groups excluding tert-OH is 1. The van der Waals surface area contributed by atoms with Crippen molar-refractivity contribution in [2.45, 2.75) is 6.10 Å². The molecule has 0 radical (unpaired) electrons. The van der Waals surface area contributed by atoms with Crippen LogP contribution in [0.15, 0.2) is 46.9 Å². The fourth-order valence-electron chi connectivity index (χ4n) is 2.10. The molecule has 0 saturated carbocycles. The Balaban J connectivity index is 2.01. The van der Waals surface area contributed by atoms with Gasteiger partial charge in [0.15, 0.2) is 11.5 Å². The van der Waals surface area contributed by atoms with E-state index >= 15 is 0 Å². The monoisotopic (exact) mass is 320 g/mol. The van der Waals surface area contributed by atoms with Crippen molar-refractivity contribution in [2.75, 3.05) is 13.2 Å². The van der Waals surface area contributed by atoms with E-state index in [4.69, 9.17) is 9.47 Å². The Bertz CT molecular complexity index is 583. The molecule has 98 valence electrons. The molecule has 0 bridgehead atoms. The average molecular weight is 321 g/mol. The van der Waals surface area contributed by atoms with Crippen LogP contribution in [0.5, 0.6) is 11.5 Å². The highest BCUT2D eigenvalue weighted by atomic mass is 79.9. The standard InChI is InChI=1S/C15H13BrO3/c16-12-9-14-13(18-6-7-19-14)8-11(12)15(17)10-4-2-1-3-5-10/h1-5,8-9,15,17H,6-7H2/t15-/m0/s1. The molecule has 3 nitrogen and oxygen atoms in total. The van der Waals surface area contributed by atoms with Gasteiger partial charge >= 0.3 is 0 Å². The summed E-state index contributed by atoms with van der Waals surface area (Å²) in [5.41, 5.74) is 1.62. The first-order valence-electron chi connectivity index (χ1n) is 6.08. The lowest BCUT2D eigenvalue weighted by Crippen LogP contribution is -2.16. The Morgan fingerprint density at radius 3 is 2.32 bits per heavy atom. The zero-order chi connectivity index (χ0) is 13.2. The van der Waals surface area contributed by atoms with Gasteiger partial charge in [0.1, 0.15) is 19.3 Å². The highest BCUT2D eigenvalue weighted by Gasteiger charge is 2.19. The van der Waals surface area contributed by atoms with E-state index in [0.717, 1.165) is 15.6 Å². The van der Waals surface area contributed by atoms with Crippen molar-refractivity contribution in [2.24, 2.45) is 0 Å². The SMILES string of the molecule is O[C@@H](c1ccccc1)c1cc2c(cc1Br)OCCO2. The minimum atomic E-state index is -0.689. The summed E-state index contributed by atoms with van der Waals surface area (Å²) in [6.45, 7) is 1.09. The van der Waals surface area contributed by atoms with Gasteiger partial charge in [0, 0.05) is 10.0 Å². The number of hydrogen-bond acceptors (Lipinski definition) is 3.